The second-order valence-electron chi connectivity index (χ2n) is 23.0. The van der Waals surface area contributed by atoms with Crippen LogP contribution in [0.15, 0.2) is 261 Å². The van der Waals surface area contributed by atoms with Crippen LogP contribution in [0.4, 0.5) is 34.1 Å². The number of fused-ring (bicyclic) bond motifs is 2. The van der Waals surface area contributed by atoms with Crippen molar-refractivity contribution < 1.29 is 9.90 Å². The van der Waals surface area contributed by atoms with Crippen molar-refractivity contribution in [2.75, 3.05) is 9.80 Å². The Kier molecular flexibility index (Phi) is 23.5. The molecule has 7 aromatic rings. The van der Waals surface area contributed by atoms with Crippen LogP contribution < -0.4 is 9.80 Å². The second-order valence-corrected chi connectivity index (χ2v) is 23.0. The highest BCUT2D eigenvalue weighted by Gasteiger charge is 2.21. The van der Waals surface area contributed by atoms with E-state index < -0.39 is 5.97 Å². The molecule has 436 valence electrons. The maximum absolute atomic E-state index is 11.5. The summed E-state index contributed by atoms with van der Waals surface area (Å²) >= 11 is 0. The first-order valence-corrected chi connectivity index (χ1v) is 30.7. The number of nitriles is 1. The second kappa shape index (κ2) is 31.3. The number of aliphatic carboxylic acids is 1. The van der Waals surface area contributed by atoms with E-state index in [1.807, 2.05) is 19.9 Å². The number of nitrogens with zero attached hydrogens (tertiary/aromatic N) is 3. The van der Waals surface area contributed by atoms with Gasteiger partial charge in [0.15, 0.2) is 0 Å². The van der Waals surface area contributed by atoms with Gasteiger partial charge in [-0.15, -0.1) is 0 Å². The summed E-state index contributed by atoms with van der Waals surface area (Å²) in [7, 11) is 0. The molecule has 5 heteroatoms. The number of carboxylic acids is 1. The topological polar surface area (TPSA) is 67.6 Å². The number of rotatable bonds is 26. The molecule has 0 aromatic heterocycles. The average Bonchev–Trinajstić information content (AvgIpc) is 2.34. The lowest BCUT2D eigenvalue weighted by Crippen LogP contribution is -2.14. The lowest BCUT2D eigenvalue weighted by atomic mass is 9.90. The number of hydrogen-bond donors (Lipinski definition) is 1. The van der Waals surface area contributed by atoms with Crippen LogP contribution >= 0.6 is 0 Å². The molecule has 7 aromatic carbocycles. The first-order valence-electron chi connectivity index (χ1n) is 30.7. The van der Waals surface area contributed by atoms with Crippen molar-refractivity contribution in [1.82, 2.24) is 0 Å². The Balaban J connectivity index is 1.42. The Morgan fingerprint density at radius 1 is 0.424 bits per heavy atom. The zero-order valence-electron chi connectivity index (χ0n) is 52.7. The average molecular weight is 1120 g/mol. The third kappa shape index (κ3) is 17.2. The molecular formula is C80H89N3O2. The number of carboxylic acid groups (broad SMARTS) is 1. The Hall–Kier alpha value is -8.72. The Morgan fingerprint density at radius 2 is 0.859 bits per heavy atom. The molecule has 0 aliphatic heterocycles. The number of anilines is 6. The molecule has 0 aliphatic carbocycles. The van der Waals surface area contributed by atoms with Gasteiger partial charge in [-0.25, -0.2) is 4.79 Å². The minimum Gasteiger partial charge on any atom is -0.477 e. The summed E-state index contributed by atoms with van der Waals surface area (Å²) in [5, 5.41) is 23.5. The van der Waals surface area contributed by atoms with E-state index in [-0.39, 0.29) is 5.57 Å². The number of benzene rings is 7. The lowest BCUT2D eigenvalue weighted by Gasteiger charge is -2.31. The molecule has 0 amide bonds. The van der Waals surface area contributed by atoms with E-state index in [1.165, 1.54) is 116 Å². The predicted octanol–water partition coefficient (Wildman–Crippen LogP) is 24.0. The molecule has 1 N–H and O–H groups in total. The van der Waals surface area contributed by atoms with Gasteiger partial charge in [-0.3, -0.25) is 0 Å². The van der Waals surface area contributed by atoms with Gasteiger partial charge in [0.25, 0.3) is 0 Å². The van der Waals surface area contributed by atoms with E-state index in [0.29, 0.717) is 5.57 Å². The van der Waals surface area contributed by atoms with Crippen LogP contribution in [0.25, 0.3) is 27.1 Å². The molecule has 0 saturated carbocycles. The first kappa shape index (κ1) is 63.9. The lowest BCUT2D eigenvalue weighted by molar-refractivity contribution is -0.132. The fraction of sp³-hybridized carbons (Fsp3) is 0.275. The molecule has 0 radical (unpaired) electrons. The van der Waals surface area contributed by atoms with Crippen LogP contribution in [-0.2, 0) is 4.79 Å². The van der Waals surface area contributed by atoms with Gasteiger partial charge < -0.3 is 14.9 Å². The van der Waals surface area contributed by atoms with Gasteiger partial charge in [0.1, 0.15) is 11.6 Å². The largest absolute Gasteiger partial charge is 0.477 e. The molecule has 0 aliphatic rings. The summed E-state index contributed by atoms with van der Waals surface area (Å²) in [6.07, 6.45) is 22.0. The number of allylic oxidation sites excluding steroid dienone is 17. The Labute approximate surface area is 509 Å². The molecule has 0 saturated heterocycles. The molecule has 0 spiro atoms. The van der Waals surface area contributed by atoms with Crippen molar-refractivity contribution in [2.45, 2.75) is 147 Å². The molecule has 85 heavy (non-hydrogen) atoms. The standard InChI is InChI=1S/C80H89N3O2/c1-13-15-17-21-33-68(48-58(5)57(4)47-60(7)63(10)62(9)59(6)45-56(3)46-73(55-81)80(84)85)64(11)61(8)49-69(34-22-18-16-14-2)65(12)72-52-78(82(74-37-23-19-24-38-74)76-43-41-66-31-27-29-35-70(66)50-76)54-79(53-72)83(75-39-25-20-26-40-75)77-44-42-67-32-28-30-36-71(67)51-77/h19-20,23-32,35-54H,13-18,21-22,33-34H2,1-12H3,(H,84,85)/b56-45+,57-47+,58-48+,61-49+,62-59+,63-60+,68-64+,69-65+,73-46-. The molecule has 7 rings (SSSR count). The van der Waals surface area contributed by atoms with E-state index in [1.54, 1.807) is 6.07 Å². The molecular weight excluding hydrogens is 1030 g/mol. The first-order chi connectivity index (χ1) is 41.0. The normalized spacial score (nSPS) is 13.9. The van der Waals surface area contributed by atoms with Crippen LogP contribution in [0.3, 0.4) is 0 Å². The molecule has 0 heterocycles. The summed E-state index contributed by atoms with van der Waals surface area (Å²) in [6.45, 7) is 26.3. The number of carbonyl (C=O) groups is 1. The number of para-hydroxylation sites is 2. The molecule has 0 fully saturated rings. The number of unbranched alkanes of at least 4 members (excludes halogenated alkanes) is 6. The van der Waals surface area contributed by atoms with Gasteiger partial charge in [-0.05, 0) is 262 Å². The Bertz CT molecular complexity index is 3690. The summed E-state index contributed by atoms with van der Waals surface area (Å²) in [5.41, 5.74) is 21.7. The van der Waals surface area contributed by atoms with E-state index in [4.69, 9.17) is 0 Å². The van der Waals surface area contributed by atoms with Gasteiger partial charge in [0, 0.05) is 34.1 Å². The van der Waals surface area contributed by atoms with Crippen LogP contribution in [0.1, 0.15) is 153 Å². The van der Waals surface area contributed by atoms with Crippen molar-refractivity contribution >= 4 is 67.2 Å². The van der Waals surface area contributed by atoms with Crippen LogP contribution in [0.5, 0.6) is 0 Å². The summed E-state index contributed by atoms with van der Waals surface area (Å²) in [6, 6.07) is 61.5. The summed E-state index contributed by atoms with van der Waals surface area (Å²) in [4.78, 5) is 16.4. The van der Waals surface area contributed by atoms with Gasteiger partial charge in [0.2, 0.25) is 0 Å². The van der Waals surface area contributed by atoms with Crippen molar-refractivity contribution in [3.63, 3.8) is 0 Å². The summed E-state index contributed by atoms with van der Waals surface area (Å²) < 4.78 is 0. The zero-order chi connectivity index (χ0) is 61.0. The third-order valence-corrected chi connectivity index (χ3v) is 16.8. The molecule has 0 atom stereocenters. The van der Waals surface area contributed by atoms with Crippen molar-refractivity contribution in [3.8, 4) is 6.07 Å². The van der Waals surface area contributed by atoms with E-state index >= 15 is 0 Å². The fourth-order valence-electron chi connectivity index (χ4n) is 11.2. The van der Waals surface area contributed by atoms with Gasteiger partial charge in [-0.2, -0.15) is 5.26 Å². The predicted molar refractivity (Wildman–Crippen MR) is 367 cm³/mol. The highest BCUT2D eigenvalue weighted by Crippen LogP contribution is 2.44. The zero-order valence-corrected chi connectivity index (χ0v) is 52.7. The van der Waals surface area contributed by atoms with Gasteiger partial charge in [-0.1, -0.05) is 174 Å². The third-order valence-electron chi connectivity index (χ3n) is 16.8. The van der Waals surface area contributed by atoms with Gasteiger partial charge in [0.05, 0.1) is 0 Å². The van der Waals surface area contributed by atoms with E-state index in [9.17, 15) is 15.2 Å². The minimum atomic E-state index is -1.22. The van der Waals surface area contributed by atoms with Crippen molar-refractivity contribution in [1.29, 1.82) is 5.26 Å². The molecule has 0 bridgehead atoms. The number of hydrogen-bond acceptors (Lipinski definition) is 4. The maximum atomic E-state index is 11.5. The van der Waals surface area contributed by atoms with E-state index in [2.05, 4.69) is 261 Å². The summed E-state index contributed by atoms with van der Waals surface area (Å²) in [5.74, 6) is -1.22. The van der Waals surface area contributed by atoms with Crippen molar-refractivity contribution in [3.05, 3.63) is 267 Å². The van der Waals surface area contributed by atoms with E-state index in [0.717, 1.165) is 76.5 Å². The maximum Gasteiger partial charge on any atom is 0.346 e. The molecule has 5 nitrogen and oxygen atoms in total. The fourth-order valence-corrected chi connectivity index (χ4v) is 11.2. The van der Waals surface area contributed by atoms with Crippen LogP contribution in [-0.4, -0.2) is 11.1 Å². The van der Waals surface area contributed by atoms with Gasteiger partial charge >= 0.3 is 5.97 Å². The Morgan fingerprint density at radius 3 is 1.33 bits per heavy atom. The van der Waals surface area contributed by atoms with Crippen LogP contribution in [0, 0.1) is 11.3 Å². The quantitative estimate of drug-likeness (QED) is 0.0253. The minimum absolute atomic E-state index is 0.276. The smallest absolute Gasteiger partial charge is 0.346 e. The van der Waals surface area contributed by atoms with Crippen LogP contribution in [0.2, 0.25) is 0 Å². The molecule has 0 unspecified atom stereocenters. The highest BCUT2D eigenvalue weighted by molar-refractivity contribution is 5.94. The van der Waals surface area contributed by atoms with Crippen molar-refractivity contribution in [2.24, 2.45) is 0 Å². The monoisotopic (exact) mass is 1120 g/mol. The SMILES string of the molecule is CCCCCCC(/C=C(C)/C(C)=C/C(C)=C(C)/C(C)=C(C)/C=C(C)/C=C(/C#N)C(=O)O)=C(C)\C(C)=C\C(CCCCCC)=C(/C)c1cc(N(c2ccccc2)c2ccc3ccccc3c2)cc(N(c2ccccc2)c2ccc3ccccc3c2)c1. The highest BCUT2D eigenvalue weighted by atomic mass is 16.4.